The summed E-state index contributed by atoms with van der Waals surface area (Å²) < 4.78 is 5.04. The zero-order valence-corrected chi connectivity index (χ0v) is 8.54. The predicted molar refractivity (Wildman–Crippen MR) is 56.3 cm³/mol. The van der Waals surface area contributed by atoms with Crippen molar-refractivity contribution in [2.75, 3.05) is 6.61 Å². The maximum absolute atomic E-state index is 11.6. The van der Waals surface area contributed by atoms with Gasteiger partial charge in [-0.1, -0.05) is 36.4 Å². The van der Waals surface area contributed by atoms with E-state index in [1.165, 1.54) is 0 Å². The fourth-order valence-corrected chi connectivity index (χ4v) is 1.11. The van der Waals surface area contributed by atoms with Crippen molar-refractivity contribution in [3.63, 3.8) is 0 Å². The van der Waals surface area contributed by atoms with E-state index in [9.17, 15) is 4.79 Å². The van der Waals surface area contributed by atoms with E-state index in [2.05, 4.69) is 6.58 Å². The molecule has 74 valence electrons. The van der Waals surface area contributed by atoms with Gasteiger partial charge in [0.05, 0.1) is 6.61 Å². The van der Waals surface area contributed by atoms with Gasteiger partial charge in [0.1, 0.15) is 0 Å². The molecule has 2 nitrogen and oxygen atoms in total. The van der Waals surface area contributed by atoms with Crippen LogP contribution in [0.5, 0.6) is 0 Å². The summed E-state index contributed by atoms with van der Waals surface area (Å²) in [6.07, 6.45) is 0. The number of ether oxygens (including phenoxy) is 1. The largest absolute Gasteiger partial charge is 0.490 e. The van der Waals surface area contributed by atoms with Crippen LogP contribution in [0, 0.1) is 6.92 Å². The van der Waals surface area contributed by atoms with Crippen molar-refractivity contribution in [2.24, 2.45) is 0 Å². The molecule has 0 saturated carbocycles. The van der Waals surface area contributed by atoms with Gasteiger partial charge >= 0.3 is 0 Å². The molecular formula is C12H14O2. The summed E-state index contributed by atoms with van der Waals surface area (Å²) in [6.45, 7) is 7.84. The van der Waals surface area contributed by atoms with E-state index < -0.39 is 0 Å². The Morgan fingerprint density at radius 3 is 2.43 bits per heavy atom. The van der Waals surface area contributed by atoms with Crippen LogP contribution < -0.4 is 0 Å². The minimum Gasteiger partial charge on any atom is -0.490 e. The maximum atomic E-state index is 11.6. The highest BCUT2D eigenvalue weighted by atomic mass is 16.5. The molecule has 0 atom stereocenters. The number of rotatable bonds is 4. The second-order valence-electron chi connectivity index (χ2n) is 3.05. The van der Waals surface area contributed by atoms with Crippen molar-refractivity contribution in [1.29, 1.82) is 0 Å². The molecule has 0 fully saturated rings. The molecule has 0 amide bonds. The Bertz CT molecular complexity index is 336. The number of benzene rings is 1. The van der Waals surface area contributed by atoms with Gasteiger partial charge < -0.3 is 4.74 Å². The number of hydrogen-bond acceptors (Lipinski definition) is 2. The lowest BCUT2D eigenvalue weighted by Gasteiger charge is -2.05. The summed E-state index contributed by atoms with van der Waals surface area (Å²) in [6, 6.07) is 7.35. The molecule has 0 radical (unpaired) electrons. The van der Waals surface area contributed by atoms with E-state index in [0.29, 0.717) is 12.2 Å². The number of ketones is 1. The first-order valence-corrected chi connectivity index (χ1v) is 4.58. The van der Waals surface area contributed by atoms with Crippen molar-refractivity contribution in [3.8, 4) is 0 Å². The number of hydrogen-bond donors (Lipinski definition) is 0. The number of aryl methyl sites for hydroxylation is 1. The smallest absolute Gasteiger partial charge is 0.226 e. The molecule has 1 aromatic rings. The molecule has 0 N–H and O–H groups in total. The molecule has 0 saturated heterocycles. The van der Waals surface area contributed by atoms with Gasteiger partial charge in [0.2, 0.25) is 5.78 Å². The SMILES string of the molecule is C=C(OCC)C(=O)c1ccc(C)cc1. The second kappa shape index (κ2) is 4.61. The summed E-state index contributed by atoms with van der Waals surface area (Å²) >= 11 is 0. The molecule has 0 spiro atoms. The van der Waals surface area contributed by atoms with Crippen LogP contribution in [0.25, 0.3) is 0 Å². The Balaban J connectivity index is 2.79. The van der Waals surface area contributed by atoms with Crippen molar-refractivity contribution in [3.05, 3.63) is 47.7 Å². The van der Waals surface area contributed by atoms with E-state index >= 15 is 0 Å². The van der Waals surface area contributed by atoms with Crippen LogP contribution in [0.2, 0.25) is 0 Å². The summed E-state index contributed by atoms with van der Waals surface area (Å²) in [7, 11) is 0. The van der Waals surface area contributed by atoms with Crippen LogP contribution >= 0.6 is 0 Å². The summed E-state index contributed by atoms with van der Waals surface area (Å²) in [5.74, 6) is 0.0585. The Hall–Kier alpha value is -1.57. The molecule has 1 rings (SSSR count). The van der Waals surface area contributed by atoms with Crippen LogP contribution in [-0.4, -0.2) is 12.4 Å². The van der Waals surface area contributed by atoms with Crippen molar-refractivity contribution < 1.29 is 9.53 Å². The third kappa shape index (κ3) is 2.46. The number of carbonyl (C=O) groups is 1. The standard InChI is InChI=1S/C12H14O2/c1-4-14-10(3)12(13)11-7-5-9(2)6-8-11/h5-8H,3-4H2,1-2H3. The molecule has 2 heteroatoms. The van der Waals surface area contributed by atoms with Gasteiger partial charge in [-0.15, -0.1) is 0 Å². The van der Waals surface area contributed by atoms with Crippen LogP contribution in [0.1, 0.15) is 22.8 Å². The average Bonchev–Trinajstić information content (AvgIpc) is 2.18. The fraction of sp³-hybridized carbons (Fsp3) is 0.250. The fourth-order valence-electron chi connectivity index (χ4n) is 1.11. The lowest BCUT2D eigenvalue weighted by atomic mass is 10.1. The minimum absolute atomic E-state index is 0.146. The van der Waals surface area contributed by atoms with Gasteiger partial charge in [0.15, 0.2) is 5.76 Å². The molecule has 0 bridgehead atoms. The number of allylic oxidation sites excluding steroid dienone is 1. The molecule has 0 heterocycles. The Labute approximate surface area is 84.2 Å². The average molecular weight is 190 g/mol. The Morgan fingerprint density at radius 1 is 1.36 bits per heavy atom. The lowest BCUT2D eigenvalue weighted by molar-refractivity contribution is 0.0929. The third-order valence-corrected chi connectivity index (χ3v) is 1.89. The molecule has 14 heavy (non-hydrogen) atoms. The first kappa shape index (κ1) is 10.5. The highest BCUT2D eigenvalue weighted by Gasteiger charge is 2.09. The monoisotopic (exact) mass is 190 g/mol. The molecule has 0 aliphatic carbocycles. The van der Waals surface area contributed by atoms with Gasteiger partial charge in [0.25, 0.3) is 0 Å². The maximum Gasteiger partial charge on any atom is 0.226 e. The van der Waals surface area contributed by atoms with Crippen molar-refractivity contribution in [1.82, 2.24) is 0 Å². The highest BCUT2D eigenvalue weighted by molar-refractivity contribution is 6.06. The molecule has 1 aromatic carbocycles. The minimum atomic E-state index is -0.146. The Kier molecular flexibility index (Phi) is 3.46. The third-order valence-electron chi connectivity index (χ3n) is 1.89. The van der Waals surface area contributed by atoms with Crippen LogP contribution in [0.15, 0.2) is 36.6 Å². The van der Waals surface area contributed by atoms with Gasteiger partial charge in [0, 0.05) is 5.56 Å². The zero-order valence-electron chi connectivity index (χ0n) is 8.54. The van der Waals surface area contributed by atoms with Gasteiger partial charge in [-0.3, -0.25) is 4.79 Å². The van der Waals surface area contributed by atoms with Gasteiger partial charge in [-0.05, 0) is 13.8 Å². The Morgan fingerprint density at radius 2 is 1.93 bits per heavy atom. The van der Waals surface area contributed by atoms with E-state index in [1.807, 2.05) is 26.0 Å². The molecule has 0 aromatic heterocycles. The van der Waals surface area contributed by atoms with E-state index in [-0.39, 0.29) is 11.5 Å². The lowest BCUT2D eigenvalue weighted by Crippen LogP contribution is -2.05. The highest BCUT2D eigenvalue weighted by Crippen LogP contribution is 2.09. The van der Waals surface area contributed by atoms with E-state index in [0.717, 1.165) is 5.56 Å². The second-order valence-corrected chi connectivity index (χ2v) is 3.05. The van der Waals surface area contributed by atoms with E-state index in [1.54, 1.807) is 12.1 Å². The molecular weight excluding hydrogens is 176 g/mol. The first-order valence-electron chi connectivity index (χ1n) is 4.58. The quantitative estimate of drug-likeness (QED) is 0.414. The first-order chi connectivity index (χ1) is 6.65. The number of carbonyl (C=O) groups excluding carboxylic acids is 1. The molecule has 0 aliphatic rings. The zero-order chi connectivity index (χ0) is 10.6. The van der Waals surface area contributed by atoms with Crippen molar-refractivity contribution >= 4 is 5.78 Å². The molecule has 0 aliphatic heterocycles. The van der Waals surface area contributed by atoms with Crippen LogP contribution in [-0.2, 0) is 4.74 Å². The summed E-state index contributed by atoms with van der Waals surface area (Å²) in [4.78, 5) is 11.6. The summed E-state index contributed by atoms with van der Waals surface area (Å²) in [5.41, 5.74) is 1.75. The van der Waals surface area contributed by atoms with Crippen molar-refractivity contribution in [2.45, 2.75) is 13.8 Å². The topological polar surface area (TPSA) is 26.3 Å². The number of Topliss-reactive ketones (excluding diaryl/α,β-unsaturated/α-hetero) is 1. The van der Waals surface area contributed by atoms with E-state index in [4.69, 9.17) is 4.74 Å². The van der Waals surface area contributed by atoms with Gasteiger partial charge in [-0.2, -0.15) is 0 Å². The van der Waals surface area contributed by atoms with Crippen LogP contribution in [0.4, 0.5) is 0 Å². The van der Waals surface area contributed by atoms with Gasteiger partial charge in [-0.25, -0.2) is 0 Å². The predicted octanol–water partition coefficient (Wildman–Crippen LogP) is 2.73. The summed E-state index contributed by atoms with van der Waals surface area (Å²) in [5, 5.41) is 0. The normalized spacial score (nSPS) is 9.57. The van der Waals surface area contributed by atoms with Crippen LogP contribution in [0.3, 0.4) is 0 Å². The molecule has 0 unspecified atom stereocenters.